The van der Waals surface area contributed by atoms with Gasteiger partial charge in [0.05, 0.1) is 10.6 Å². The minimum absolute atomic E-state index is 0.148. The summed E-state index contributed by atoms with van der Waals surface area (Å²) in [4.78, 5) is 28.3. The number of nitrogens with one attached hydrogen (secondary N) is 1. The van der Waals surface area contributed by atoms with Crippen LogP contribution in [0.25, 0.3) is 0 Å². The van der Waals surface area contributed by atoms with Crippen LogP contribution in [0.2, 0.25) is 0 Å². The fraction of sp³-hybridized carbons (Fsp3) is 0.600. The highest BCUT2D eigenvalue weighted by Gasteiger charge is 2.37. The Morgan fingerprint density at radius 1 is 0.966 bits per heavy atom. The monoisotopic (exact) mass is 437 g/mol. The lowest BCUT2D eigenvalue weighted by Crippen LogP contribution is -2.45. The molecule has 0 aliphatic carbocycles. The first-order valence-corrected chi connectivity index (χ1v) is 12.7. The second kappa shape index (κ2) is 8.65. The van der Waals surface area contributed by atoms with Gasteiger partial charge >= 0.3 is 0 Å². The molecule has 0 radical (unpaired) electrons. The molecule has 0 aromatic heterocycles. The van der Waals surface area contributed by atoms with Crippen LogP contribution in [0.3, 0.4) is 0 Å². The van der Waals surface area contributed by atoms with Gasteiger partial charge in [-0.25, -0.2) is 8.42 Å². The van der Waals surface area contributed by atoms with Gasteiger partial charge in [-0.3, -0.25) is 9.59 Å². The Morgan fingerprint density at radius 2 is 1.59 bits per heavy atom. The highest BCUT2D eigenvalue weighted by atomic mass is 32.2. The van der Waals surface area contributed by atoms with E-state index >= 15 is 0 Å². The fourth-order valence-corrected chi connectivity index (χ4v) is 6.72. The standard InChI is InChI=1S/C20H27N3O4S2/c24-19-18(20(25)22-10-4-1-2-5-11-22)28-17-9-8-15(14-16(17)21-19)29(26,27)23-12-6-3-7-13-23/h8-9,14,18H,1-7,10-13H2,(H,21,24)/t18-/m0/s1. The third-order valence-electron chi connectivity index (χ3n) is 5.79. The molecule has 0 bridgehead atoms. The van der Waals surface area contributed by atoms with E-state index in [2.05, 4.69) is 5.32 Å². The summed E-state index contributed by atoms with van der Waals surface area (Å²) in [7, 11) is -3.57. The molecule has 1 atom stereocenters. The van der Waals surface area contributed by atoms with Gasteiger partial charge in [0, 0.05) is 31.1 Å². The van der Waals surface area contributed by atoms with Gasteiger partial charge in [0.1, 0.15) is 0 Å². The van der Waals surface area contributed by atoms with Gasteiger partial charge in [0.25, 0.3) is 0 Å². The molecule has 3 aliphatic heterocycles. The van der Waals surface area contributed by atoms with Crippen molar-refractivity contribution in [2.75, 3.05) is 31.5 Å². The van der Waals surface area contributed by atoms with Crippen molar-refractivity contribution in [1.82, 2.24) is 9.21 Å². The van der Waals surface area contributed by atoms with Gasteiger partial charge < -0.3 is 10.2 Å². The van der Waals surface area contributed by atoms with E-state index in [1.807, 2.05) is 0 Å². The molecule has 2 saturated heterocycles. The zero-order valence-corrected chi connectivity index (χ0v) is 18.1. The summed E-state index contributed by atoms with van der Waals surface area (Å²) in [6.07, 6.45) is 6.97. The molecule has 1 N–H and O–H groups in total. The molecule has 2 fully saturated rings. The predicted molar refractivity (Wildman–Crippen MR) is 112 cm³/mol. The number of carbonyl (C=O) groups is 2. The average molecular weight is 438 g/mol. The zero-order chi connectivity index (χ0) is 20.4. The Labute approximate surface area is 176 Å². The minimum Gasteiger partial charge on any atom is -0.341 e. The summed E-state index contributed by atoms with van der Waals surface area (Å²) < 4.78 is 27.3. The normalized spacial score (nSPS) is 23.8. The summed E-state index contributed by atoms with van der Waals surface area (Å²) in [5, 5.41) is 1.96. The van der Waals surface area contributed by atoms with Crippen molar-refractivity contribution >= 4 is 39.3 Å². The summed E-state index contributed by atoms with van der Waals surface area (Å²) in [5.41, 5.74) is 0.470. The Morgan fingerprint density at radius 3 is 2.28 bits per heavy atom. The van der Waals surface area contributed by atoms with Crippen molar-refractivity contribution in [2.24, 2.45) is 0 Å². The van der Waals surface area contributed by atoms with Crippen molar-refractivity contribution in [3.8, 4) is 0 Å². The molecule has 158 valence electrons. The molecule has 0 saturated carbocycles. The molecule has 1 aromatic carbocycles. The Kier molecular flexibility index (Phi) is 6.17. The maximum absolute atomic E-state index is 12.9. The lowest BCUT2D eigenvalue weighted by molar-refractivity contribution is -0.133. The second-order valence-electron chi connectivity index (χ2n) is 7.85. The fourth-order valence-electron chi connectivity index (χ4n) is 4.12. The molecule has 2 amide bonds. The van der Waals surface area contributed by atoms with Crippen LogP contribution in [0.4, 0.5) is 5.69 Å². The lowest BCUT2D eigenvalue weighted by atomic mass is 10.2. The van der Waals surface area contributed by atoms with Crippen LogP contribution >= 0.6 is 11.8 Å². The molecule has 29 heavy (non-hydrogen) atoms. The van der Waals surface area contributed by atoms with Gasteiger partial charge in [0.15, 0.2) is 5.25 Å². The van der Waals surface area contributed by atoms with Crippen LogP contribution in [-0.2, 0) is 19.6 Å². The van der Waals surface area contributed by atoms with Crippen molar-refractivity contribution < 1.29 is 18.0 Å². The highest BCUT2D eigenvalue weighted by molar-refractivity contribution is 8.01. The third kappa shape index (κ3) is 4.32. The van der Waals surface area contributed by atoms with E-state index in [9.17, 15) is 18.0 Å². The van der Waals surface area contributed by atoms with E-state index in [-0.39, 0.29) is 16.7 Å². The maximum atomic E-state index is 12.9. The topological polar surface area (TPSA) is 86.8 Å². The molecular weight excluding hydrogens is 410 g/mol. The number of benzene rings is 1. The van der Waals surface area contributed by atoms with Gasteiger partial charge in [0.2, 0.25) is 21.8 Å². The third-order valence-corrected chi connectivity index (χ3v) is 8.94. The number of likely N-dealkylation sites (tertiary alicyclic amines) is 1. The predicted octanol–water partition coefficient (Wildman–Crippen LogP) is 2.68. The number of nitrogens with zero attached hydrogens (tertiary/aromatic N) is 2. The molecule has 9 heteroatoms. The van der Waals surface area contributed by atoms with E-state index in [4.69, 9.17) is 0 Å². The smallest absolute Gasteiger partial charge is 0.247 e. The van der Waals surface area contributed by atoms with Crippen LogP contribution < -0.4 is 5.32 Å². The molecule has 3 aliphatic rings. The van der Waals surface area contributed by atoms with Crippen LogP contribution in [0.1, 0.15) is 44.9 Å². The second-order valence-corrected chi connectivity index (χ2v) is 10.9. The number of carbonyl (C=O) groups excluding carboxylic acids is 2. The molecule has 4 rings (SSSR count). The number of hydrogen-bond acceptors (Lipinski definition) is 5. The van der Waals surface area contributed by atoms with Gasteiger partial charge in [-0.05, 0) is 43.9 Å². The van der Waals surface area contributed by atoms with Gasteiger partial charge in [-0.2, -0.15) is 4.31 Å². The molecule has 3 heterocycles. The number of piperidine rings is 1. The average Bonchev–Trinajstić information content (AvgIpc) is 3.02. The Balaban J connectivity index is 1.53. The summed E-state index contributed by atoms with van der Waals surface area (Å²) >= 11 is 1.22. The maximum Gasteiger partial charge on any atom is 0.247 e. The van der Waals surface area contributed by atoms with E-state index in [0.29, 0.717) is 31.9 Å². The molecular formula is C20H27N3O4S2. The first-order chi connectivity index (χ1) is 14.0. The lowest BCUT2D eigenvalue weighted by Gasteiger charge is -2.29. The van der Waals surface area contributed by atoms with E-state index in [1.165, 1.54) is 22.1 Å². The van der Waals surface area contributed by atoms with Crippen molar-refractivity contribution in [3.05, 3.63) is 18.2 Å². The quantitative estimate of drug-likeness (QED) is 0.735. The number of hydrogen-bond donors (Lipinski definition) is 1. The number of fused-ring (bicyclic) bond motifs is 1. The Bertz CT molecular complexity index is 889. The number of thioether (sulfide) groups is 1. The number of amides is 2. The zero-order valence-electron chi connectivity index (χ0n) is 16.4. The number of sulfonamides is 1. The highest BCUT2D eigenvalue weighted by Crippen LogP contribution is 2.38. The molecule has 0 spiro atoms. The first kappa shape index (κ1) is 20.7. The van der Waals surface area contributed by atoms with Crippen LogP contribution in [0.15, 0.2) is 28.0 Å². The van der Waals surface area contributed by atoms with Gasteiger partial charge in [-0.15, -0.1) is 11.8 Å². The van der Waals surface area contributed by atoms with Crippen LogP contribution in [-0.4, -0.2) is 60.9 Å². The minimum atomic E-state index is -3.57. The summed E-state index contributed by atoms with van der Waals surface area (Å²) in [6.45, 7) is 2.46. The van der Waals surface area contributed by atoms with E-state index in [0.717, 1.165) is 49.8 Å². The van der Waals surface area contributed by atoms with Gasteiger partial charge in [-0.1, -0.05) is 19.3 Å². The van der Waals surface area contributed by atoms with Crippen LogP contribution in [0.5, 0.6) is 0 Å². The SMILES string of the molecule is O=C1Nc2cc(S(=O)(=O)N3CCCCC3)ccc2S[C@@H]1C(=O)N1CCCCCC1. The van der Waals surface area contributed by atoms with Crippen molar-refractivity contribution in [3.63, 3.8) is 0 Å². The molecule has 1 aromatic rings. The first-order valence-electron chi connectivity index (χ1n) is 10.4. The van der Waals surface area contributed by atoms with Crippen molar-refractivity contribution in [2.45, 2.75) is 60.0 Å². The number of rotatable bonds is 3. The molecule has 7 nitrogen and oxygen atoms in total. The largest absolute Gasteiger partial charge is 0.341 e. The number of anilines is 1. The summed E-state index contributed by atoms with van der Waals surface area (Å²) in [6, 6.07) is 4.82. The van der Waals surface area contributed by atoms with E-state index < -0.39 is 15.3 Å². The van der Waals surface area contributed by atoms with E-state index in [1.54, 1.807) is 17.0 Å². The summed E-state index contributed by atoms with van der Waals surface area (Å²) in [5.74, 6) is -0.519. The van der Waals surface area contributed by atoms with Crippen molar-refractivity contribution in [1.29, 1.82) is 0 Å². The Hall–Kier alpha value is -1.58. The molecule has 0 unspecified atom stereocenters. The van der Waals surface area contributed by atoms with Crippen LogP contribution in [0, 0.1) is 0 Å².